The van der Waals surface area contributed by atoms with Crippen LogP contribution in [0.4, 0.5) is 11.4 Å². The molecule has 0 bridgehead atoms. The van der Waals surface area contributed by atoms with E-state index in [4.69, 9.17) is 11.1 Å². The lowest BCUT2D eigenvalue weighted by atomic mass is 10.1. The topological polar surface area (TPSA) is 61.9 Å². The van der Waals surface area contributed by atoms with Crippen molar-refractivity contribution < 1.29 is 0 Å². The molecule has 0 unspecified atom stereocenters. The average molecular weight is 207 g/mol. The molecule has 3 nitrogen and oxygen atoms in total. The summed E-state index contributed by atoms with van der Waals surface area (Å²) in [6.07, 6.45) is 1.32. The second-order valence-corrected chi connectivity index (χ2v) is 3.29. The van der Waals surface area contributed by atoms with Crippen LogP contribution in [0.15, 0.2) is 18.2 Å². The van der Waals surface area contributed by atoms with Crippen molar-refractivity contribution in [3.05, 3.63) is 23.8 Å². The van der Waals surface area contributed by atoms with Gasteiger partial charge in [-0.15, -0.1) is 0 Å². The number of hydrogen-bond acceptors (Lipinski definition) is 3. The van der Waals surface area contributed by atoms with Crippen molar-refractivity contribution in [1.82, 2.24) is 0 Å². The predicted octanol–water partition coefficient (Wildman–Crippen LogP) is 3.11. The molecule has 0 fully saturated rings. The van der Waals surface area contributed by atoms with Crippen molar-refractivity contribution in [3.63, 3.8) is 0 Å². The predicted molar refractivity (Wildman–Crippen MR) is 68.8 cm³/mol. The van der Waals surface area contributed by atoms with Gasteiger partial charge in [-0.25, -0.2) is 0 Å². The van der Waals surface area contributed by atoms with Crippen LogP contribution in [0.2, 0.25) is 0 Å². The molecule has 1 rings (SSSR count). The number of nitrogens with one attached hydrogen (secondary N) is 2. The molecule has 1 aromatic carbocycles. The van der Waals surface area contributed by atoms with Gasteiger partial charge in [0, 0.05) is 29.2 Å². The van der Waals surface area contributed by atoms with Crippen molar-refractivity contribution in [2.24, 2.45) is 0 Å². The molecule has 84 valence electrons. The molecule has 0 aliphatic carbocycles. The van der Waals surface area contributed by atoms with E-state index in [2.05, 4.69) is 19.2 Å². The molecule has 0 saturated heterocycles. The summed E-state index contributed by atoms with van der Waals surface area (Å²) in [6, 6.07) is 5.83. The minimum atomic E-state index is 0.348. The van der Waals surface area contributed by atoms with Gasteiger partial charge in [-0.3, -0.25) is 0 Å². The quantitative estimate of drug-likeness (QED) is 0.527. The van der Waals surface area contributed by atoms with E-state index in [1.54, 1.807) is 6.07 Å². The smallest absolute Gasteiger partial charge is 0.0451 e. The average Bonchev–Trinajstić information content (AvgIpc) is 2.20. The lowest BCUT2D eigenvalue weighted by molar-refractivity contribution is 0.899. The summed E-state index contributed by atoms with van der Waals surface area (Å²) < 4.78 is 0. The lowest BCUT2D eigenvalue weighted by Gasteiger charge is -2.12. The van der Waals surface area contributed by atoms with Crippen molar-refractivity contribution in [2.45, 2.75) is 33.7 Å². The van der Waals surface area contributed by atoms with Crippen molar-refractivity contribution in [3.8, 4) is 0 Å². The highest BCUT2D eigenvalue weighted by molar-refractivity contribution is 5.87. The number of rotatable bonds is 3. The van der Waals surface area contributed by atoms with Crippen LogP contribution in [0, 0.1) is 5.41 Å². The minimum Gasteiger partial charge on any atom is -0.399 e. The van der Waals surface area contributed by atoms with Crippen LogP contribution in [-0.4, -0.2) is 12.3 Å². The molecule has 0 atom stereocenters. The Bertz CT molecular complexity index is 306. The highest BCUT2D eigenvalue weighted by Gasteiger charge is 2.01. The molecule has 0 aliphatic rings. The Hall–Kier alpha value is -1.51. The highest BCUT2D eigenvalue weighted by Crippen LogP contribution is 2.18. The standard InChI is InChI=1S/C10H15N3.C2H6/c1-7(2)13-10-5-9(12)4-3-8(10)6-11;1-2/h3-7,11,13H,12H2,1-2H3;1-2H3. The Morgan fingerprint density at radius 2 is 1.93 bits per heavy atom. The van der Waals surface area contributed by atoms with E-state index < -0.39 is 0 Å². The lowest BCUT2D eigenvalue weighted by Crippen LogP contribution is -2.11. The summed E-state index contributed by atoms with van der Waals surface area (Å²) in [5.41, 5.74) is 8.14. The van der Waals surface area contributed by atoms with Gasteiger partial charge in [0.05, 0.1) is 0 Å². The molecule has 0 heterocycles. The minimum absolute atomic E-state index is 0.348. The number of hydrogen-bond donors (Lipinski definition) is 3. The largest absolute Gasteiger partial charge is 0.399 e. The molecule has 0 spiro atoms. The van der Waals surface area contributed by atoms with Gasteiger partial charge in [0.1, 0.15) is 0 Å². The summed E-state index contributed by atoms with van der Waals surface area (Å²) in [5.74, 6) is 0. The van der Waals surface area contributed by atoms with Gasteiger partial charge in [-0.2, -0.15) is 0 Å². The van der Waals surface area contributed by atoms with Gasteiger partial charge in [0.2, 0.25) is 0 Å². The maximum absolute atomic E-state index is 7.19. The van der Waals surface area contributed by atoms with Crippen LogP contribution in [-0.2, 0) is 0 Å². The van der Waals surface area contributed by atoms with Crippen LogP contribution >= 0.6 is 0 Å². The van der Waals surface area contributed by atoms with Crippen molar-refractivity contribution in [1.29, 1.82) is 5.41 Å². The van der Waals surface area contributed by atoms with E-state index in [9.17, 15) is 0 Å². The normalized spacial score (nSPS) is 9.13. The Morgan fingerprint density at radius 3 is 2.40 bits per heavy atom. The van der Waals surface area contributed by atoms with Crippen LogP contribution in [0.25, 0.3) is 0 Å². The van der Waals surface area contributed by atoms with Gasteiger partial charge in [-0.05, 0) is 32.0 Å². The van der Waals surface area contributed by atoms with Gasteiger partial charge in [0.15, 0.2) is 0 Å². The zero-order chi connectivity index (χ0) is 11.8. The number of nitrogens with two attached hydrogens (primary N) is 1. The molecule has 0 radical (unpaired) electrons. The highest BCUT2D eigenvalue weighted by atomic mass is 14.9. The van der Waals surface area contributed by atoms with E-state index in [0.29, 0.717) is 11.7 Å². The van der Waals surface area contributed by atoms with Crippen LogP contribution < -0.4 is 11.1 Å². The zero-order valence-electron chi connectivity index (χ0n) is 9.96. The summed E-state index contributed by atoms with van der Waals surface area (Å²) in [7, 11) is 0. The van der Waals surface area contributed by atoms with Crippen molar-refractivity contribution in [2.75, 3.05) is 11.1 Å². The summed E-state index contributed by atoms with van der Waals surface area (Å²) in [6.45, 7) is 8.10. The number of nitrogen functional groups attached to an aromatic ring is 1. The summed E-state index contributed by atoms with van der Waals surface area (Å²) in [4.78, 5) is 0. The van der Waals surface area contributed by atoms with Crippen molar-refractivity contribution >= 4 is 17.6 Å². The number of anilines is 2. The third-order valence-corrected chi connectivity index (χ3v) is 1.68. The molecular formula is C12H21N3. The fourth-order valence-corrected chi connectivity index (χ4v) is 1.14. The molecule has 0 aliphatic heterocycles. The zero-order valence-corrected chi connectivity index (χ0v) is 9.96. The molecular weight excluding hydrogens is 186 g/mol. The van der Waals surface area contributed by atoms with E-state index in [1.807, 2.05) is 26.0 Å². The molecule has 0 amide bonds. The van der Waals surface area contributed by atoms with Crippen LogP contribution in [0.3, 0.4) is 0 Å². The monoisotopic (exact) mass is 207 g/mol. The Morgan fingerprint density at radius 1 is 1.33 bits per heavy atom. The molecule has 0 saturated carbocycles. The second kappa shape index (κ2) is 6.87. The molecule has 4 N–H and O–H groups in total. The fraction of sp³-hybridized carbons (Fsp3) is 0.417. The number of benzene rings is 1. The molecule has 1 aromatic rings. The van der Waals surface area contributed by atoms with Gasteiger partial charge >= 0.3 is 0 Å². The SMILES string of the molecule is CC.CC(C)Nc1cc(N)ccc1C=N. The Kier molecular flexibility index (Phi) is 6.18. The first kappa shape index (κ1) is 13.5. The van der Waals surface area contributed by atoms with E-state index >= 15 is 0 Å². The van der Waals surface area contributed by atoms with E-state index in [0.717, 1.165) is 11.3 Å². The first-order valence-electron chi connectivity index (χ1n) is 5.30. The van der Waals surface area contributed by atoms with Gasteiger partial charge < -0.3 is 16.5 Å². The molecule has 15 heavy (non-hydrogen) atoms. The first-order chi connectivity index (χ1) is 7.13. The molecule has 3 heteroatoms. The maximum atomic E-state index is 7.19. The van der Waals surface area contributed by atoms with Crippen LogP contribution in [0.5, 0.6) is 0 Å². The van der Waals surface area contributed by atoms with Crippen LogP contribution in [0.1, 0.15) is 33.3 Å². The van der Waals surface area contributed by atoms with E-state index in [1.165, 1.54) is 6.21 Å². The second-order valence-electron chi connectivity index (χ2n) is 3.29. The van der Waals surface area contributed by atoms with E-state index in [-0.39, 0.29) is 0 Å². The summed E-state index contributed by atoms with van der Waals surface area (Å²) in [5, 5.41) is 10.4. The molecule has 0 aromatic heterocycles. The third-order valence-electron chi connectivity index (χ3n) is 1.68. The van der Waals surface area contributed by atoms with Gasteiger partial charge in [0.25, 0.3) is 0 Å². The Labute approximate surface area is 92.2 Å². The fourth-order valence-electron chi connectivity index (χ4n) is 1.14. The Balaban J connectivity index is 0.000000921. The maximum Gasteiger partial charge on any atom is 0.0451 e. The third kappa shape index (κ3) is 4.49. The first-order valence-corrected chi connectivity index (χ1v) is 5.30. The van der Waals surface area contributed by atoms with Gasteiger partial charge in [-0.1, -0.05) is 13.8 Å². The summed E-state index contributed by atoms with van der Waals surface area (Å²) >= 11 is 0.